The molecule has 74 valence electrons. The summed E-state index contributed by atoms with van der Waals surface area (Å²) in [5, 5.41) is 0. The molecule has 1 aliphatic rings. The van der Waals surface area contributed by atoms with Crippen molar-refractivity contribution in [1.82, 2.24) is 0 Å². The molecule has 0 unspecified atom stereocenters. The van der Waals surface area contributed by atoms with Crippen molar-refractivity contribution in [1.29, 1.82) is 0 Å². The summed E-state index contributed by atoms with van der Waals surface area (Å²) in [6.07, 6.45) is 7.89. The van der Waals surface area contributed by atoms with Crippen molar-refractivity contribution >= 4 is 5.78 Å². The van der Waals surface area contributed by atoms with Gasteiger partial charge in [0.05, 0.1) is 0 Å². The first kappa shape index (κ1) is 10.5. The molecule has 1 fully saturated rings. The van der Waals surface area contributed by atoms with Crippen LogP contribution < -0.4 is 0 Å². The van der Waals surface area contributed by atoms with E-state index < -0.39 is 0 Å². The van der Waals surface area contributed by atoms with Crippen LogP contribution in [0.3, 0.4) is 0 Å². The average Bonchev–Trinajstić information content (AvgIpc) is 2.18. The van der Waals surface area contributed by atoms with E-state index >= 15 is 0 Å². The Bertz CT molecular complexity index is 187. The van der Waals surface area contributed by atoms with Gasteiger partial charge in [0, 0.05) is 5.92 Å². The van der Waals surface area contributed by atoms with E-state index in [4.69, 9.17) is 0 Å². The second kappa shape index (κ2) is 5.21. The van der Waals surface area contributed by atoms with Crippen molar-refractivity contribution < 1.29 is 4.79 Å². The first-order chi connectivity index (χ1) is 6.25. The molecular formula is C12H20O. The van der Waals surface area contributed by atoms with E-state index in [-0.39, 0.29) is 0 Å². The molecule has 0 spiro atoms. The van der Waals surface area contributed by atoms with Gasteiger partial charge in [0.1, 0.15) is 0 Å². The molecule has 1 nitrogen and oxygen atoms in total. The zero-order valence-electron chi connectivity index (χ0n) is 8.64. The van der Waals surface area contributed by atoms with Gasteiger partial charge < -0.3 is 0 Å². The van der Waals surface area contributed by atoms with Gasteiger partial charge in [-0.15, -0.1) is 0 Å². The highest BCUT2D eigenvalue weighted by Crippen LogP contribution is 2.27. The number of Topliss-reactive ketones (excluding diaryl/α,β-unsaturated/α-hetero) is 1. The quantitative estimate of drug-likeness (QED) is 0.605. The highest BCUT2D eigenvalue weighted by Gasteiger charge is 2.22. The van der Waals surface area contributed by atoms with Gasteiger partial charge in [0.2, 0.25) is 0 Å². The van der Waals surface area contributed by atoms with Gasteiger partial charge in [-0.05, 0) is 24.8 Å². The number of hydrogen-bond acceptors (Lipinski definition) is 1. The van der Waals surface area contributed by atoms with Crippen LogP contribution in [0, 0.1) is 5.92 Å². The standard InChI is InChI=1S/C12H20O/c1-3-7-10(2)12(13)11-8-5-4-6-9-11/h11H,2-9H2,1H3. The van der Waals surface area contributed by atoms with E-state index in [1.807, 2.05) is 0 Å². The van der Waals surface area contributed by atoms with Crippen molar-refractivity contribution in [2.24, 2.45) is 5.92 Å². The SMILES string of the molecule is C=C(CCC)C(=O)C1CCCCC1. The second-order valence-electron chi connectivity index (χ2n) is 4.05. The Kier molecular flexibility index (Phi) is 4.20. The summed E-state index contributed by atoms with van der Waals surface area (Å²) in [5.74, 6) is 0.661. The molecule has 0 aromatic rings. The zero-order chi connectivity index (χ0) is 9.68. The number of carbonyl (C=O) groups is 1. The van der Waals surface area contributed by atoms with E-state index in [1.165, 1.54) is 19.3 Å². The van der Waals surface area contributed by atoms with E-state index in [2.05, 4.69) is 13.5 Å². The Labute approximate surface area is 81.2 Å². The number of hydrogen-bond donors (Lipinski definition) is 0. The van der Waals surface area contributed by atoms with Crippen LogP contribution in [-0.4, -0.2) is 5.78 Å². The fourth-order valence-corrected chi connectivity index (χ4v) is 2.08. The Balaban J connectivity index is 2.40. The van der Waals surface area contributed by atoms with Gasteiger partial charge >= 0.3 is 0 Å². The molecule has 1 aliphatic carbocycles. The molecule has 0 saturated heterocycles. The summed E-state index contributed by atoms with van der Waals surface area (Å²) < 4.78 is 0. The third kappa shape index (κ3) is 2.98. The number of ketones is 1. The van der Waals surface area contributed by atoms with Gasteiger partial charge in [-0.2, -0.15) is 0 Å². The van der Waals surface area contributed by atoms with Crippen molar-refractivity contribution in [3.63, 3.8) is 0 Å². The molecule has 13 heavy (non-hydrogen) atoms. The average molecular weight is 180 g/mol. The molecule has 0 amide bonds. The number of allylic oxidation sites excluding steroid dienone is 1. The van der Waals surface area contributed by atoms with Crippen LogP contribution in [0.5, 0.6) is 0 Å². The lowest BCUT2D eigenvalue weighted by Crippen LogP contribution is -2.18. The molecule has 1 rings (SSSR count). The maximum Gasteiger partial charge on any atom is 0.161 e. The minimum Gasteiger partial charge on any atom is -0.294 e. The number of carbonyl (C=O) groups excluding carboxylic acids is 1. The van der Waals surface area contributed by atoms with Gasteiger partial charge in [-0.3, -0.25) is 4.79 Å². The lowest BCUT2D eigenvalue weighted by Gasteiger charge is -2.20. The molecule has 1 saturated carbocycles. The minimum absolute atomic E-state index is 0.313. The van der Waals surface area contributed by atoms with Crippen molar-refractivity contribution in [2.45, 2.75) is 51.9 Å². The predicted molar refractivity (Wildman–Crippen MR) is 55.6 cm³/mol. The molecule has 0 atom stereocenters. The van der Waals surface area contributed by atoms with Gasteiger partial charge in [0.25, 0.3) is 0 Å². The number of rotatable bonds is 4. The Morgan fingerprint density at radius 2 is 1.92 bits per heavy atom. The lowest BCUT2D eigenvalue weighted by molar-refractivity contribution is -0.120. The first-order valence-electron chi connectivity index (χ1n) is 5.47. The monoisotopic (exact) mass is 180 g/mol. The van der Waals surface area contributed by atoms with E-state index in [1.54, 1.807) is 0 Å². The zero-order valence-corrected chi connectivity index (χ0v) is 8.64. The fraction of sp³-hybridized carbons (Fsp3) is 0.750. The van der Waals surface area contributed by atoms with E-state index in [0.717, 1.165) is 31.3 Å². The van der Waals surface area contributed by atoms with Crippen LogP contribution in [0.2, 0.25) is 0 Å². The molecule has 0 radical (unpaired) electrons. The summed E-state index contributed by atoms with van der Waals surface area (Å²) in [6, 6.07) is 0. The largest absolute Gasteiger partial charge is 0.294 e. The summed E-state index contributed by atoms with van der Waals surface area (Å²) in [5.41, 5.74) is 0.856. The van der Waals surface area contributed by atoms with Crippen molar-refractivity contribution in [3.8, 4) is 0 Å². The summed E-state index contributed by atoms with van der Waals surface area (Å²) in [4.78, 5) is 11.8. The smallest absolute Gasteiger partial charge is 0.161 e. The summed E-state index contributed by atoms with van der Waals surface area (Å²) >= 11 is 0. The molecule has 0 heterocycles. The lowest BCUT2D eigenvalue weighted by atomic mass is 9.83. The molecule has 0 aromatic carbocycles. The molecule has 0 bridgehead atoms. The van der Waals surface area contributed by atoms with Crippen LogP contribution in [-0.2, 0) is 4.79 Å². The van der Waals surface area contributed by atoms with Crippen molar-refractivity contribution in [3.05, 3.63) is 12.2 Å². The third-order valence-electron chi connectivity index (χ3n) is 2.88. The second-order valence-corrected chi connectivity index (χ2v) is 4.05. The predicted octanol–water partition coefficient (Wildman–Crippen LogP) is 3.49. The Hall–Kier alpha value is -0.590. The molecule has 0 aromatic heterocycles. The molecule has 1 heteroatoms. The van der Waals surface area contributed by atoms with Gasteiger partial charge in [-0.25, -0.2) is 0 Å². The van der Waals surface area contributed by atoms with E-state index in [9.17, 15) is 4.79 Å². The van der Waals surface area contributed by atoms with Crippen molar-refractivity contribution in [2.75, 3.05) is 0 Å². The van der Waals surface area contributed by atoms with Crippen LogP contribution in [0.15, 0.2) is 12.2 Å². The summed E-state index contributed by atoms with van der Waals surface area (Å²) in [7, 11) is 0. The van der Waals surface area contributed by atoms with E-state index in [0.29, 0.717) is 11.7 Å². The molecule has 0 aliphatic heterocycles. The Morgan fingerprint density at radius 3 is 2.46 bits per heavy atom. The topological polar surface area (TPSA) is 17.1 Å². The normalized spacial score (nSPS) is 18.5. The van der Waals surface area contributed by atoms with Gasteiger partial charge in [-0.1, -0.05) is 39.2 Å². The van der Waals surface area contributed by atoms with Crippen LogP contribution in [0.25, 0.3) is 0 Å². The maximum atomic E-state index is 11.8. The van der Waals surface area contributed by atoms with Crippen LogP contribution >= 0.6 is 0 Å². The fourth-order valence-electron chi connectivity index (χ4n) is 2.08. The molecular weight excluding hydrogens is 160 g/mol. The van der Waals surface area contributed by atoms with Crippen LogP contribution in [0.1, 0.15) is 51.9 Å². The van der Waals surface area contributed by atoms with Crippen LogP contribution in [0.4, 0.5) is 0 Å². The maximum absolute atomic E-state index is 11.8. The molecule has 0 N–H and O–H groups in total. The highest BCUT2D eigenvalue weighted by atomic mass is 16.1. The van der Waals surface area contributed by atoms with Gasteiger partial charge in [0.15, 0.2) is 5.78 Å². The first-order valence-corrected chi connectivity index (χ1v) is 5.47. The Morgan fingerprint density at radius 1 is 1.31 bits per heavy atom. The third-order valence-corrected chi connectivity index (χ3v) is 2.88. The highest BCUT2D eigenvalue weighted by molar-refractivity contribution is 5.96. The summed E-state index contributed by atoms with van der Waals surface area (Å²) in [6.45, 7) is 5.97. The minimum atomic E-state index is 0.313.